The molecule has 102 valence electrons. The molecule has 1 aromatic rings. The minimum absolute atomic E-state index is 0.00934. The van der Waals surface area contributed by atoms with Crippen molar-refractivity contribution in [2.45, 2.75) is 12.7 Å². The van der Waals surface area contributed by atoms with Crippen LogP contribution in [0.15, 0.2) is 30.3 Å². The summed E-state index contributed by atoms with van der Waals surface area (Å²) in [5, 5.41) is 18.4. The van der Waals surface area contributed by atoms with Crippen LogP contribution in [-0.4, -0.2) is 46.4 Å². The molecule has 19 heavy (non-hydrogen) atoms. The van der Waals surface area contributed by atoms with Crippen molar-refractivity contribution in [1.29, 1.82) is 0 Å². The molecule has 6 nitrogen and oxygen atoms in total. The van der Waals surface area contributed by atoms with E-state index >= 15 is 0 Å². The van der Waals surface area contributed by atoms with Crippen molar-refractivity contribution < 1.29 is 24.5 Å². The van der Waals surface area contributed by atoms with Gasteiger partial charge in [0.05, 0.1) is 12.6 Å². The largest absolute Gasteiger partial charge is 0.481 e. The maximum atomic E-state index is 11.7. The molecule has 0 aliphatic carbocycles. The highest BCUT2D eigenvalue weighted by molar-refractivity contribution is 5.74. The van der Waals surface area contributed by atoms with Gasteiger partial charge in [-0.15, -0.1) is 0 Å². The Morgan fingerprint density at radius 3 is 2.53 bits per heavy atom. The van der Waals surface area contributed by atoms with E-state index in [-0.39, 0.29) is 19.7 Å². The molecule has 1 heterocycles. The molecule has 0 bridgehead atoms. The second-order valence-electron chi connectivity index (χ2n) is 4.46. The van der Waals surface area contributed by atoms with E-state index in [1.807, 2.05) is 30.3 Å². The van der Waals surface area contributed by atoms with E-state index in [1.165, 1.54) is 4.90 Å². The van der Waals surface area contributed by atoms with Gasteiger partial charge in [0.2, 0.25) is 0 Å². The Bertz CT molecular complexity index is 461. The van der Waals surface area contributed by atoms with Crippen molar-refractivity contribution in [3.8, 4) is 0 Å². The van der Waals surface area contributed by atoms with Crippen LogP contribution in [-0.2, 0) is 16.1 Å². The topological polar surface area (TPSA) is 87.1 Å². The Hall–Kier alpha value is -2.08. The van der Waals surface area contributed by atoms with Crippen LogP contribution in [0.5, 0.6) is 0 Å². The van der Waals surface area contributed by atoms with E-state index in [1.54, 1.807) is 0 Å². The Kier molecular flexibility index (Phi) is 4.01. The number of amides is 1. The molecule has 2 N–H and O–H groups in total. The van der Waals surface area contributed by atoms with Crippen LogP contribution in [0.25, 0.3) is 0 Å². The lowest BCUT2D eigenvalue weighted by molar-refractivity contribution is -0.143. The number of aliphatic hydroxyl groups is 1. The van der Waals surface area contributed by atoms with Crippen LogP contribution in [0.4, 0.5) is 4.79 Å². The summed E-state index contributed by atoms with van der Waals surface area (Å²) < 4.78 is 5.07. The van der Waals surface area contributed by atoms with Gasteiger partial charge in [0, 0.05) is 6.54 Å². The normalized spacial score (nSPS) is 22.3. The fraction of sp³-hybridized carbons (Fsp3) is 0.385. The van der Waals surface area contributed by atoms with Crippen molar-refractivity contribution in [2.24, 2.45) is 5.92 Å². The van der Waals surface area contributed by atoms with Crippen LogP contribution < -0.4 is 0 Å². The van der Waals surface area contributed by atoms with Gasteiger partial charge in [-0.05, 0) is 5.56 Å². The summed E-state index contributed by atoms with van der Waals surface area (Å²) in [6.45, 7) is 0.0960. The number of rotatable bonds is 3. The Morgan fingerprint density at radius 2 is 1.95 bits per heavy atom. The lowest BCUT2D eigenvalue weighted by Gasteiger charge is -2.15. The van der Waals surface area contributed by atoms with Crippen LogP contribution in [0.1, 0.15) is 5.56 Å². The number of aliphatic carboxylic acids is 1. The third-order valence-corrected chi connectivity index (χ3v) is 3.07. The molecule has 1 fully saturated rings. The van der Waals surface area contributed by atoms with E-state index in [4.69, 9.17) is 9.84 Å². The Labute approximate surface area is 110 Å². The number of carbonyl (C=O) groups is 2. The number of carboxylic acid groups (broad SMARTS) is 1. The maximum Gasteiger partial charge on any atom is 0.410 e. The minimum Gasteiger partial charge on any atom is -0.481 e. The standard InChI is InChI=1S/C13H15NO5/c15-11-7-14(6-10(11)12(16)17)13(18)19-8-9-4-2-1-3-5-9/h1-5,10-11,15H,6-8H2,(H,16,17)/t10-,11+/m1/s1. The van der Waals surface area contributed by atoms with Gasteiger partial charge < -0.3 is 19.8 Å². The average Bonchev–Trinajstić information content (AvgIpc) is 2.79. The number of aliphatic hydroxyl groups excluding tert-OH is 1. The molecule has 2 atom stereocenters. The number of hydrogen-bond donors (Lipinski definition) is 2. The molecule has 0 aromatic heterocycles. The zero-order valence-electron chi connectivity index (χ0n) is 10.2. The fourth-order valence-electron chi connectivity index (χ4n) is 1.99. The first kappa shape index (κ1) is 13.4. The summed E-state index contributed by atoms with van der Waals surface area (Å²) in [7, 11) is 0. The number of likely N-dealkylation sites (tertiary alicyclic amines) is 1. The number of benzene rings is 1. The van der Waals surface area contributed by atoms with Gasteiger partial charge in [-0.3, -0.25) is 4.79 Å². The number of carboxylic acids is 1. The molecule has 1 amide bonds. The van der Waals surface area contributed by atoms with E-state index in [9.17, 15) is 14.7 Å². The molecule has 1 aliphatic rings. The maximum absolute atomic E-state index is 11.7. The van der Waals surface area contributed by atoms with E-state index < -0.39 is 24.1 Å². The number of β-amino-alcohol motifs (C(OH)–C–C–N with tert-alkyl or cyclic N) is 1. The minimum atomic E-state index is -1.11. The quantitative estimate of drug-likeness (QED) is 0.840. The lowest BCUT2D eigenvalue weighted by Crippen LogP contribution is -2.30. The van der Waals surface area contributed by atoms with Crippen LogP contribution in [0.3, 0.4) is 0 Å². The Morgan fingerprint density at radius 1 is 1.26 bits per heavy atom. The smallest absolute Gasteiger partial charge is 0.410 e. The summed E-state index contributed by atoms with van der Waals surface area (Å²) in [5.41, 5.74) is 0.852. The predicted octanol–water partition coefficient (Wildman–Crippen LogP) is 0.701. The van der Waals surface area contributed by atoms with Crippen molar-refractivity contribution in [3.05, 3.63) is 35.9 Å². The van der Waals surface area contributed by atoms with Gasteiger partial charge in [0.15, 0.2) is 0 Å². The van der Waals surface area contributed by atoms with Gasteiger partial charge >= 0.3 is 12.1 Å². The summed E-state index contributed by atoms with van der Waals surface area (Å²) in [6, 6.07) is 9.18. The van der Waals surface area contributed by atoms with Crippen molar-refractivity contribution >= 4 is 12.1 Å². The highest BCUT2D eigenvalue weighted by Gasteiger charge is 2.39. The zero-order valence-corrected chi connectivity index (χ0v) is 10.2. The van der Waals surface area contributed by atoms with Crippen LogP contribution >= 0.6 is 0 Å². The molecule has 6 heteroatoms. The van der Waals surface area contributed by atoms with E-state index in [0.29, 0.717) is 0 Å². The van der Waals surface area contributed by atoms with E-state index in [0.717, 1.165) is 5.56 Å². The molecule has 1 saturated heterocycles. The molecule has 0 radical (unpaired) electrons. The van der Waals surface area contributed by atoms with Crippen LogP contribution in [0, 0.1) is 5.92 Å². The van der Waals surface area contributed by atoms with Gasteiger partial charge in [-0.1, -0.05) is 30.3 Å². The molecule has 0 saturated carbocycles. The third-order valence-electron chi connectivity index (χ3n) is 3.07. The highest BCUT2D eigenvalue weighted by Crippen LogP contribution is 2.18. The first-order valence-corrected chi connectivity index (χ1v) is 5.94. The second-order valence-corrected chi connectivity index (χ2v) is 4.46. The van der Waals surface area contributed by atoms with Crippen LogP contribution in [0.2, 0.25) is 0 Å². The molecular weight excluding hydrogens is 250 g/mol. The average molecular weight is 265 g/mol. The summed E-state index contributed by atoms with van der Waals surface area (Å²) in [4.78, 5) is 23.8. The number of ether oxygens (including phenoxy) is 1. The fourth-order valence-corrected chi connectivity index (χ4v) is 1.99. The second kappa shape index (κ2) is 5.71. The van der Waals surface area contributed by atoms with Crippen molar-refractivity contribution in [1.82, 2.24) is 4.90 Å². The van der Waals surface area contributed by atoms with E-state index in [2.05, 4.69) is 0 Å². The number of nitrogens with zero attached hydrogens (tertiary/aromatic N) is 1. The van der Waals surface area contributed by atoms with Gasteiger partial charge in [0.25, 0.3) is 0 Å². The van der Waals surface area contributed by atoms with Gasteiger partial charge in [-0.2, -0.15) is 0 Å². The summed E-state index contributed by atoms with van der Waals surface area (Å²) in [5.74, 6) is -2.05. The third kappa shape index (κ3) is 3.23. The predicted molar refractivity (Wildman–Crippen MR) is 65.3 cm³/mol. The Balaban J connectivity index is 1.86. The highest BCUT2D eigenvalue weighted by atomic mass is 16.6. The first-order valence-electron chi connectivity index (χ1n) is 5.94. The lowest BCUT2D eigenvalue weighted by atomic mass is 10.1. The summed E-state index contributed by atoms with van der Waals surface area (Å²) in [6.07, 6.45) is -1.64. The zero-order chi connectivity index (χ0) is 13.8. The molecule has 0 spiro atoms. The molecule has 0 unspecified atom stereocenters. The van der Waals surface area contributed by atoms with Crippen molar-refractivity contribution in [2.75, 3.05) is 13.1 Å². The summed E-state index contributed by atoms with van der Waals surface area (Å²) >= 11 is 0. The van der Waals surface area contributed by atoms with Crippen molar-refractivity contribution in [3.63, 3.8) is 0 Å². The number of carbonyl (C=O) groups excluding carboxylic acids is 1. The first-order chi connectivity index (χ1) is 9.08. The van der Waals surface area contributed by atoms with Gasteiger partial charge in [-0.25, -0.2) is 4.79 Å². The molecule has 1 aliphatic heterocycles. The molecule has 1 aromatic carbocycles. The SMILES string of the molecule is O=C(O)[C@@H]1CN(C(=O)OCc2ccccc2)C[C@@H]1O. The van der Waals surface area contributed by atoms with Gasteiger partial charge in [0.1, 0.15) is 12.5 Å². The molecular formula is C13H15NO5. The number of hydrogen-bond acceptors (Lipinski definition) is 4. The molecule has 2 rings (SSSR count). The monoisotopic (exact) mass is 265 g/mol.